The number of thiazole rings is 1. The summed E-state index contributed by atoms with van der Waals surface area (Å²) >= 11 is 3.46. The zero-order valence-electron chi connectivity index (χ0n) is 8.86. The van der Waals surface area contributed by atoms with Crippen molar-refractivity contribution in [2.45, 2.75) is 26.4 Å². The van der Waals surface area contributed by atoms with Crippen LogP contribution >= 0.6 is 22.7 Å². The Morgan fingerprint density at radius 3 is 2.93 bits per heavy atom. The van der Waals surface area contributed by atoms with Gasteiger partial charge in [-0.25, -0.2) is 4.98 Å². The van der Waals surface area contributed by atoms with E-state index in [-0.39, 0.29) is 0 Å². The van der Waals surface area contributed by atoms with E-state index in [1.54, 1.807) is 22.7 Å². The van der Waals surface area contributed by atoms with Gasteiger partial charge >= 0.3 is 0 Å². The van der Waals surface area contributed by atoms with Crippen LogP contribution in [0.1, 0.15) is 19.5 Å². The highest BCUT2D eigenvalue weighted by Crippen LogP contribution is 2.27. The average molecular weight is 238 g/mol. The predicted molar refractivity (Wildman–Crippen MR) is 67.4 cm³/mol. The Morgan fingerprint density at radius 2 is 2.27 bits per heavy atom. The van der Waals surface area contributed by atoms with Crippen molar-refractivity contribution in [1.82, 2.24) is 10.3 Å². The summed E-state index contributed by atoms with van der Waals surface area (Å²) in [6.45, 7) is 5.15. The fraction of sp³-hybridized carbons (Fsp3) is 0.364. The van der Waals surface area contributed by atoms with Gasteiger partial charge in [-0.15, -0.1) is 22.7 Å². The van der Waals surface area contributed by atoms with Gasteiger partial charge in [0, 0.05) is 18.0 Å². The third kappa shape index (κ3) is 2.87. The highest BCUT2D eigenvalue weighted by atomic mass is 32.1. The number of hydrogen-bond acceptors (Lipinski definition) is 4. The molecular formula is C11H14N2S2. The minimum absolute atomic E-state index is 0.511. The van der Waals surface area contributed by atoms with Gasteiger partial charge in [0.2, 0.25) is 0 Å². The van der Waals surface area contributed by atoms with Crippen LogP contribution in [0, 0.1) is 0 Å². The largest absolute Gasteiger partial charge is 0.309 e. The zero-order valence-corrected chi connectivity index (χ0v) is 10.5. The number of thiophene rings is 1. The van der Waals surface area contributed by atoms with E-state index in [9.17, 15) is 0 Å². The van der Waals surface area contributed by atoms with Gasteiger partial charge in [-0.05, 0) is 11.4 Å². The molecular weight excluding hydrogens is 224 g/mol. The van der Waals surface area contributed by atoms with E-state index in [0.29, 0.717) is 6.04 Å². The first-order chi connectivity index (χ1) is 7.25. The summed E-state index contributed by atoms with van der Waals surface area (Å²) in [7, 11) is 0. The number of hydrogen-bond donors (Lipinski definition) is 1. The molecule has 0 aliphatic carbocycles. The normalized spacial score (nSPS) is 11.1. The van der Waals surface area contributed by atoms with Crippen molar-refractivity contribution in [2.24, 2.45) is 0 Å². The maximum absolute atomic E-state index is 4.59. The lowest BCUT2D eigenvalue weighted by molar-refractivity contribution is 0.583. The van der Waals surface area contributed by atoms with Crippen molar-refractivity contribution in [1.29, 1.82) is 0 Å². The van der Waals surface area contributed by atoms with Crippen LogP contribution in [0.4, 0.5) is 0 Å². The molecule has 2 nitrogen and oxygen atoms in total. The predicted octanol–water partition coefficient (Wildman–Crippen LogP) is 3.37. The van der Waals surface area contributed by atoms with Crippen LogP contribution in [0.15, 0.2) is 22.9 Å². The molecule has 0 atom stereocenters. The molecule has 2 heterocycles. The fourth-order valence-corrected chi connectivity index (χ4v) is 2.84. The SMILES string of the molecule is CC(C)NCc1csc(-c2cccs2)n1. The van der Waals surface area contributed by atoms with Gasteiger partial charge < -0.3 is 5.32 Å². The number of nitrogens with zero attached hydrogens (tertiary/aromatic N) is 1. The van der Waals surface area contributed by atoms with Gasteiger partial charge in [0.25, 0.3) is 0 Å². The third-order valence-electron chi connectivity index (χ3n) is 1.98. The highest BCUT2D eigenvalue weighted by molar-refractivity contribution is 7.20. The van der Waals surface area contributed by atoms with Crippen LogP contribution < -0.4 is 5.32 Å². The second-order valence-electron chi connectivity index (χ2n) is 3.66. The lowest BCUT2D eigenvalue weighted by Crippen LogP contribution is -2.21. The molecule has 0 aliphatic heterocycles. The number of rotatable bonds is 4. The summed E-state index contributed by atoms with van der Waals surface area (Å²) in [6, 6.07) is 4.69. The van der Waals surface area contributed by atoms with Gasteiger partial charge in [-0.3, -0.25) is 0 Å². The van der Waals surface area contributed by atoms with Crippen LogP contribution in [-0.2, 0) is 6.54 Å². The summed E-state index contributed by atoms with van der Waals surface area (Å²) < 4.78 is 0. The zero-order chi connectivity index (χ0) is 10.7. The molecule has 0 unspecified atom stereocenters. The van der Waals surface area contributed by atoms with Gasteiger partial charge in [0.15, 0.2) is 0 Å². The van der Waals surface area contributed by atoms with E-state index in [2.05, 4.69) is 47.0 Å². The van der Waals surface area contributed by atoms with Gasteiger partial charge in [-0.2, -0.15) is 0 Å². The van der Waals surface area contributed by atoms with Crippen molar-refractivity contribution in [3.8, 4) is 9.88 Å². The van der Waals surface area contributed by atoms with Crippen molar-refractivity contribution < 1.29 is 0 Å². The van der Waals surface area contributed by atoms with E-state index in [1.165, 1.54) is 4.88 Å². The van der Waals surface area contributed by atoms with Crippen LogP contribution in [0.25, 0.3) is 9.88 Å². The van der Waals surface area contributed by atoms with Crippen LogP contribution in [0.2, 0.25) is 0 Å². The molecule has 4 heteroatoms. The highest BCUT2D eigenvalue weighted by Gasteiger charge is 2.05. The molecule has 0 saturated heterocycles. The Bertz CT molecular complexity index is 404. The van der Waals surface area contributed by atoms with Crippen molar-refractivity contribution in [3.63, 3.8) is 0 Å². The molecule has 2 aromatic rings. The van der Waals surface area contributed by atoms with Crippen molar-refractivity contribution in [2.75, 3.05) is 0 Å². The molecule has 15 heavy (non-hydrogen) atoms. The molecule has 0 fully saturated rings. The molecule has 1 N–H and O–H groups in total. The quantitative estimate of drug-likeness (QED) is 0.883. The van der Waals surface area contributed by atoms with E-state index in [4.69, 9.17) is 0 Å². The second-order valence-corrected chi connectivity index (χ2v) is 5.46. The Hall–Kier alpha value is -0.710. The summed E-state index contributed by atoms with van der Waals surface area (Å²) in [6.07, 6.45) is 0. The Labute approximate surface area is 98.0 Å². The van der Waals surface area contributed by atoms with Crippen molar-refractivity contribution in [3.05, 3.63) is 28.6 Å². The molecule has 0 aliphatic rings. The maximum atomic E-state index is 4.59. The molecule has 0 bridgehead atoms. The topological polar surface area (TPSA) is 24.9 Å². The lowest BCUT2D eigenvalue weighted by Gasteiger charge is -2.04. The Kier molecular flexibility index (Phi) is 3.51. The molecule has 0 aromatic carbocycles. The fourth-order valence-electron chi connectivity index (χ4n) is 1.21. The number of nitrogens with one attached hydrogen (secondary N) is 1. The molecule has 2 aromatic heterocycles. The maximum Gasteiger partial charge on any atom is 0.133 e. The summed E-state index contributed by atoms with van der Waals surface area (Å²) in [5, 5.41) is 8.71. The lowest BCUT2D eigenvalue weighted by atomic mass is 10.3. The first kappa shape index (κ1) is 10.8. The Balaban J connectivity index is 2.04. The van der Waals surface area contributed by atoms with Crippen LogP contribution in [0.3, 0.4) is 0 Å². The van der Waals surface area contributed by atoms with Gasteiger partial charge in [0.05, 0.1) is 10.6 Å². The van der Waals surface area contributed by atoms with Crippen LogP contribution in [0.5, 0.6) is 0 Å². The first-order valence-corrected chi connectivity index (χ1v) is 6.73. The standard InChI is InChI=1S/C11H14N2S2/c1-8(2)12-6-9-7-15-11(13-9)10-4-3-5-14-10/h3-5,7-8,12H,6H2,1-2H3. The van der Waals surface area contributed by atoms with E-state index < -0.39 is 0 Å². The molecule has 0 spiro atoms. The minimum atomic E-state index is 0.511. The van der Waals surface area contributed by atoms with E-state index in [0.717, 1.165) is 17.2 Å². The van der Waals surface area contributed by atoms with Crippen LogP contribution in [-0.4, -0.2) is 11.0 Å². The van der Waals surface area contributed by atoms with E-state index in [1.807, 2.05) is 0 Å². The Morgan fingerprint density at radius 1 is 1.40 bits per heavy atom. The van der Waals surface area contributed by atoms with Gasteiger partial charge in [0.1, 0.15) is 5.01 Å². The molecule has 0 radical (unpaired) electrons. The monoisotopic (exact) mass is 238 g/mol. The van der Waals surface area contributed by atoms with Crippen molar-refractivity contribution >= 4 is 22.7 Å². The third-order valence-corrected chi connectivity index (χ3v) is 3.91. The second kappa shape index (κ2) is 4.88. The first-order valence-electron chi connectivity index (χ1n) is 4.97. The molecule has 2 rings (SSSR count). The average Bonchev–Trinajstić information content (AvgIpc) is 2.85. The summed E-state index contributed by atoms with van der Waals surface area (Å²) in [5.74, 6) is 0. The van der Waals surface area contributed by atoms with Gasteiger partial charge in [-0.1, -0.05) is 19.9 Å². The molecule has 0 saturated carbocycles. The molecule has 0 amide bonds. The minimum Gasteiger partial charge on any atom is -0.309 e. The summed E-state index contributed by atoms with van der Waals surface area (Å²) in [5.41, 5.74) is 1.14. The molecule has 80 valence electrons. The smallest absolute Gasteiger partial charge is 0.133 e. The number of aromatic nitrogens is 1. The summed E-state index contributed by atoms with van der Waals surface area (Å²) in [4.78, 5) is 5.85. The van der Waals surface area contributed by atoms with E-state index >= 15 is 0 Å².